The molecule has 0 radical (unpaired) electrons. The second-order valence-electron chi connectivity index (χ2n) is 4.12. The number of anilines is 2. The van der Waals surface area contributed by atoms with Gasteiger partial charge in [-0.3, -0.25) is 0 Å². The minimum absolute atomic E-state index is 0.209. The van der Waals surface area contributed by atoms with Gasteiger partial charge in [-0.15, -0.1) is 0 Å². The van der Waals surface area contributed by atoms with E-state index in [4.69, 9.17) is 22.1 Å². The van der Waals surface area contributed by atoms with Crippen molar-refractivity contribution >= 4 is 23.1 Å². The van der Waals surface area contributed by atoms with E-state index in [-0.39, 0.29) is 6.10 Å². The van der Waals surface area contributed by atoms with Gasteiger partial charge in [-0.25, -0.2) is 4.98 Å². The predicted octanol–water partition coefficient (Wildman–Crippen LogP) is 1.93. The summed E-state index contributed by atoms with van der Waals surface area (Å²) in [7, 11) is 1.99. The molecular formula is C11H16ClN3O. The van der Waals surface area contributed by atoms with Crippen LogP contribution < -0.4 is 10.6 Å². The van der Waals surface area contributed by atoms with Gasteiger partial charge in [0.05, 0.1) is 29.1 Å². The van der Waals surface area contributed by atoms with E-state index in [9.17, 15) is 0 Å². The lowest BCUT2D eigenvalue weighted by molar-refractivity contribution is 0.118. The first kappa shape index (κ1) is 11.5. The van der Waals surface area contributed by atoms with Crippen LogP contribution in [0, 0.1) is 0 Å². The van der Waals surface area contributed by atoms with Crippen LogP contribution in [-0.2, 0) is 4.74 Å². The number of nitrogens with two attached hydrogens (primary N) is 1. The Morgan fingerprint density at radius 2 is 2.38 bits per heavy atom. The third kappa shape index (κ3) is 2.08. The largest absolute Gasteiger partial charge is 0.397 e. The maximum atomic E-state index is 6.13. The van der Waals surface area contributed by atoms with E-state index in [0.29, 0.717) is 16.8 Å². The van der Waals surface area contributed by atoms with E-state index in [1.807, 2.05) is 7.05 Å². The Morgan fingerprint density at radius 1 is 1.62 bits per heavy atom. The zero-order valence-corrected chi connectivity index (χ0v) is 10.2. The topological polar surface area (TPSA) is 51.4 Å². The average molecular weight is 242 g/mol. The van der Waals surface area contributed by atoms with Crippen LogP contribution in [0.2, 0.25) is 5.02 Å². The maximum absolute atomic E-state index is 6.13. The van der Waals surface area contributed by atoms with Crippen molar-refractivity contribution in [2.24, 2.45) is 0 Å². The molecule has 2 N–H and O–H groups in total. The van der Waals surface area contributed by atoms with Crippen molar-refractivity contribution in [3.05, 3.63) is 17.3 Å². The molecule has 16 heavy (non-hydrogen) atoms. The van der Waals surface area contributed by atoms with Gasteiger partial charge >= 0.3 is 0 Å². The van der Waals surface area contributed by atoms with Crippen LogP contribution in [0.25, 0.3) is 0 Å². The molecule has 2 heterocycles. The summed E-state index contributed by atoms with van der Waals surface area (Å²) in [5, 5.41) is 0.585. The van der Waals surface area contributed by atoms with E-state index in [0.717, 1.165) is 18.8 Å². The Morgan fingerprint density at radius 3 is 2.94 bits per heavy atom. The highest BCUT2D eigenvalue weighted by molar-refractivity contribution is 6.33. The first-order chi connectivity index (χ1) is 7.59. The van der Waals surface area contributed by atoms with Crippen molar-refractivity contribution in [1.82, 2.24) is 4.98 Å². The standard InChI is InChI=1S/C11H16ClN3O/c1-7-10(3-4-16-7)15(2)11-9(12)5-8(13)6-14-11/h5-7,10H,3-4,13H2,1-2H3. The Kier molecular flexibility index (Phi) is 3.21. The molecule has 0 aromatic carbocycles. The van der Waals surface area contributed by atoms with E-state index < -0.39 is 0 Å². The lowest BCUT2D eigenvalue weighted by atomic mass is 10.1. The first-order valence-electron chi connectivity index (χ1n) is 5.35. The smallest absolute Gasteiger partial charge is 0.147 e. The highest BCUT2D eigenvalue weighted by Gasteiger charge is 2.29. The average Bonchev–Trinajstić information content (AvgIpc) is 2.63. The van der Waals surface area contributed by atoms with Crippen LogP contribution in [0.5, 0.6) is 0 Å². The molecule has 2 rings (SSSR count). The van der Waals surface area contributed by atoms with Gasteiger partial charge in [0.25, 0.3) is 0 Å². The van der Waals surface area contributed by atoms with E-state index >= 15 is 0 Å². The minimum atomic E-state index is 0.209. The SMILES string of the molecule is CC1OCCC1N(C)c1ncc(N)cc1Cl. The van der Waals surface area contributed by atoms with Gasteiger partial charge in [0.1, 0.15) is 5.82 Å². The van der Waals surface area contributed by atoms with Crippen molar-refractivity contribution in [3.63, 3.8) is 0 Å². The molecule has 5 heteroatoms. The number of likely N-dealkylation sites (N-methyl/N-ethyl adjacent to an activating group) is 1. The fraction of sp³-hybridized carbons (Fsp3) is 0.545. The van der Waals surface area contributed by atoms with Crippen molar-refractivity contribution in [2.75, 3.05) is 24.3 Å². The molecule has 1 aromatic rings. The Bertz CT molecular complexity index is 385. The zero-order valence-electron chi connectivity index (χ0n) is 9.48. The Hall–Kier alpha value is -1.00. The highest BCUT2D eigenvalue weighted by Crippen LogP contribution is 2.29. The molecule has 0 amide bonds. The van der Waals surface area contributed by atoms with E-state index in [1.54, 1.807) is 12.3 Å². The normalized spacial score (nSPS) is 24.7. The van der Waals surface area contributed by atoms with Crippen molar-refractivity contribution in [3.8, 4) is 0 Å². The summed E-state index contributed by atoms with van der Waals surface area (Å²) in [4.78, 5) is 6.34. The number of nitrogen functional groups attached to an aromatic ring is 1. The summed E-state index contributed by atoms with van der Waals surface area (Å²) < 4.78 is 5.53. The number of hydrogen-bond donors (Lipinski definition) is 1. The summed E-state index contributed by atoms with van der Waals surface area (Å²) in [6, 6.07) is 2.05. The molecule has 0 spiro atoms. The molecule has 1 saturated heterocycles. The first-order valence-corrected chi connectivity index (χ1v) is 5.73. The van der Waals surface area contributed by atoms with Crippen LogP contribution in [0.15, 0.2) is 12.3 Å². The molecule has 88 valence electrons. The number of pyridine rings is 1. The van der Waals surface area contributed by atoms with Gasteiger partial charge in [-0.05, 0) is 19.4 Å². The van der Waals surface area contributed by atoms with Gasteiger partial charge in [-0.2, -0.15) is 0 Å². The van der Waals surface area contributed by atoms with Gasteiger partial charge in [0, 0.05) is 13.7 Å². The zero-order chi connectivity index (χ0) is 11.7. The van der Waals surface area contributed by atoms with Crippen LogP contribution in [-0.4, -0.2) is 30.8 Å². The quantitative estimate of drug-likeness (QED) is 0.860. The molecule has 1 fully saturated rings. The van der Waals surface area contributed by atoms with Gasteiger partial charge in [0.2, 0.25) is 0 Å². The van der Waals surface area contributed by atoms with Crippen LogP contribution in [0.4, 0.5) is 11.5 Å². The number of aromatic nitrogens is 1. The van der Waals surface area contributed by atoms with Crippen molar-refractivity contribution in [2.45, 2.75) is 25.5 Å². The molecule has 4 nitrogen and oxygen atoms in total. The molecule has 0 saturated carbocycles. The monoisotopic (exact) mass is 241 g/mol. The number of hydrogen-bond acceptors (Lipinski definition) is 4. The Balaban J connectivity index is 2.23. The maximum Gasteiger partial charge on any atom is 0.147 e. The highest BCUT2D eigenvalue weighted by atomic mass is 35.5. The third-order valence-corrected chi connectivity index (χ3v) is 3.29. The van der Waals surface area contributed by atoms with Crippen LogP contribution in [0.1, 0.15) is 13.3 Å². The number of nitrogens with zero attached hydrogens (tertiary/aromatic N) is 2. The fourth-order valence-corrected chi connectivity index (χ4v) is 2.40. The molecule has 0 aliphatic carbocycles. The molecule has 1 aliphatic rings. The van der Waals surface area contributed by atoms with Gasteiger partial charge in [-0.1, -0.05) is 11.6 Å². The molecule has 1 aliphatic heterocycles. The van der Waals surface area contributed by atoms with Crippen LogP contribution in [0.3, 0.4) is 0 Å². The predicted molar refractivity (Wildman–Crippen MR) is 65.9 cm³/mol. The van der Waals surface area contributed by atoms with E-state index in [2.05, 4.69) is 16.8 Å². The fourth-order valence-electron chi connectivity index (χ4n) is 2.09. The number of rotatable bonds is 2. The lowest BCUT2D eigenvalue weighted by Gasteiger charge is -2.28. The van der Waals surface area contributed by atoms with Crippen molar-refractivity contribution < 1.29 is 4.74 Å². The third-order valence-electron chi connectivity index (χ3n) is 3.01. The van der Waals surface area contributed by atoms with Gasteiger partial charge < -0.3 is 15.4 Å². The lowest BCUT2D eigenvalue weighted by Crippen LogP contribution is -2.37. The summed E-state index contributed by atoms with van der Waals surface area (Å²) in [5.74, 6) is 0.762. The molecule has 2 unspecified atom stereocenters. The molecular weight excluding hydrogens is 226 g/mol. The summed E-state index contributed by atoms with van der Waals surface area (Å²) in [6.07, 6.45) is 2.83. The molecule has 1 aromatic heterocycles. The van der Waals surface area contributed by atoms with E-state index in [1.165, 1.54) is 0 Å². The Labute approximate surface area is 100 Å². The summed E-state index contributed by atoms with van der Waals surface area (Å²) in [6.45, 7) is 2.86. The summed E-state index contributed by atoms with van der Waals surface area (Å²) in [5.41, 5.74) is 6.20. The molecule has 0 bridgehead atoms. The number of halogens is 1. The van der Waals surface area contributed by atoms with Gasteiger partial charge in [0.15, 0.2) is 0 Å². The minimum Gasteiger partial charge on any atom is -0.397 e. The summed E-state index contributed by atoms with van der Waals surface area (Å²) >= 11 is 6.13. The van der Waals surface area contributed by atoms with Crippen LogP contribution >= 0.6 is 11.6 Å². The van der Waals surface area contributed by atoms with Crippen molar-refractivity contribution in [1.29, 1.82) is 0 Å². The second kappa shape index (κ2) is 4.47. The molecule has 2 atom stereocenters. The number of ether oxygens (including phenoxy) is 1. The second-order valence-corrected chi connectivity index (χ2v) is 4.52.